The molecular weight excluding hydrogens is 537 g/mol. The van der Waals surface area contributed by atoms with E-state index in [1.54, 1.807) is 11.3 Å². The lowest BCUT2D eigenvalue weighted by atomic mass is 10.0. The Morgan fingerprint density at radius 2 is 0.744 bits per heavy atom. The number of hydrogen-bond acceptors (Lipinski definition) is 1. The van der Waals surface area contributed by atoms with Gasteiger partial charge >= 0.3 is 0 Å². The second-order valence-corrected chi connectivity index (χ2v) is 12.2. The van der Waals surface area contributed by atoms with E-state index in [-0.39, 0.29) is 0 Å². The van der Waals surface area contributed by atoms with E-state index < -0.39 is 0 Å². The molecule has 4 aromatic carbocycles. The van der Waals surface area contributed by atoms with E-state index in [4.69, 9.17) is 0 Å². The molecule has 0 atom stereocenters. The van der Waals surface area contributed by atoms with Crippen LogP contribution in [0.1, 0.15) is 84.4 Å². The first-order valence-electron chi connectivity index (χ1n) is 15.7. The zero-order chi connectivity index (χ0) is 29.7. The van der Waals surface area contributed by atoms with E-state index in [9.17, 15) is 0 Å². The summed E-state index contributed by atoms with van der Waals surface area (Å²) in [5, 5.41) is 0. The molecule has 214 valence electrons. The zero-order valence-corrected chi connectivity index (χ0v) is 26.3. The Bertz CT molecular complexity index is 1560. The highest BCUT2D eigenvalue weighted by Gasteiger charge is 2.01. The maximum Gasteiger partial charge on any atom is 0.0785 e. The highest BCUT2D eigenvalue weighted by atomic mass is 32.1. The van der Waals surface area contributed by atoms with Crippen LogP contribution >= 0.6 is 11.3 Å². The van der Waals surface area contributed by atoms with Crippen LogP contribution in [-0.2, 0) is 12.8 Å². The van der Waals surface area contributed by atoms with Crippen molar-refractivity contribution in [3.8, 4) is 45.9 Å². The predicted molar refractivity (Wildman–Crippen MR) is 186 cm³/mol. The standard InChI is InChI=1S/C42H40S/c1-3-5-7-9-33-11-21-37(22-12-33)39-25-15-35(16-26-39)19-29-41-31-32-42(43-41)30-20-36-17-27-40(28-18-36)38-23-13-34(14-24-38)10-8-6-4-2/h11-18,21-28,31-32H,3-10H2,1-2H3. The van der Waals surface area contributed by atoms with Gasteiger partial charge in [-0.25, -0.2) is 0 Å². The van der Waals surface area contributed by atoms with Crippen molar-refractivity contribution in [2.75, 3.05) is 0 Å². The third-order valence-electron chi connectivity index (χ3n) is 7.75. The molecule has 0 spiro atoms. The summed E-state index contributed by atoms with van der Waals surface area (Å²) >= 11 is 1.64. The quantitative estimate of drug-likeness (QED) is 0.115. The lowest BCUT2D eigenvalue weighted by molar-refractivity contribution is 0.717. The van der Waals surface area contributed by atoms with Gasteiger partial charge in [-0.05, 0) is 95.5 Å². The van der Waals surface area contributed by atoms with Gasteiger partial charge in [0, 0.05) is 11.1 Å². The lowest BCUT2D eigenvalue weighted by Crippen LogP contribution is -1.86. The Morgan fingerprint density at radius 1 is 0.395 bits per heavy atom. The molecule has 43 heavy (non-hydrogen) atoms. The molecule has 1 heterocycles. The van der Waals surface area contributed by atoms with Crippen molar-refractivity contribution in [3.05, 3.63) is 141 Å². The first-order chi connectivity index (χ1) is 21.2. The summed E-state index contributed by atoms with van der Waals surface area (Å²) < 4.78 is 0. The van der Waals surface area contributed by atoms with Crippen molar-refractivity contribution in [1.29, 1.82) is 0 Å². The third kappa shape index (κ3) is 9.09. The van der Waals surface area contributed by atoms with Crippen LogP contribution in [-0.4, -0.2) is 0 Å². The van der Waals surface area contributed by atoms with Crippen molar-refractivity contribution < 1.29 is 0 Å². The monoisotopic (exact) mass is 576 g/mol. The molecule has 1 aromatic heterocycles. The molecule has 5 aromatic rings. The molecule has 1 heteroatoms. The average molecular weight is 577 g/mol. The molecule has 0 unspecified atom stereocenters. The van der Waals surface area contributed by atoms with Gasteiger partial charge in [0.25, 0.3) is 0 Å². The summed E-state index contributed by atoms with van der Waals surface area (Å²) in [5.74, 6) is 13.3. The zero-order valence-electron chi connectivity index (χ0n) is 25.5. The highest BCUT2D eigenvalue weighted by molar-refractivity contribution is 7.13. The molecule has 0 radical (unpaired) electrons. The van der Waals surface area contributed by atoms with Crippen LogP contribution in [0.15, 0.2) is 109 Å². The van der Waals surface area contributed by atoms with Crippen molar-refractivity contribution in [2.45, 2.75) is 65.2 Å². The van der Waals surface area contributed by atoms with Gasteiger partial charge in [0.05, 0.1) is 9.75 Å². The van der Waals surface area contributed by atoms with Gasteiger partial charge < -0.3 is 0 Å². The summed E-state index contributed by atoms with van der Waals surface area (Å²) in [7, 11) is 0. The lowest BCUT2D eigenvalue weighted by Gasteiger charge is -2.05. The molecule has 5 rings (SSSR count). The molecule has 0 saturated carbocycles. The van der Waals surface area contributed by atoms with E-state index in [1.807, 2.05) is 0 Å². The maximum absolute atomic E-state index is 3.31. The van der Waals surface area contributed by atoms with Crippen LogP contribution in [0.5, 0.6) is 0 Å². The molecule has 0 nitrogen and oxygen atoms in total. The van der Waals surface area contributed by atoms with Crippen LogP contribution in [0, 0.1) is 23.7 Å². The van der Waals surface area contributed by atoms with Crippen LogP contribution in [0.3, 0.4) is 0 Å². The van der Waals surface area contributed by atoms with Gasteiger partial charge in [-0.2, -0.15) is 0 Å². The number of benzene rings is 4. The summed E-state index contributed by atoms with van der Waals surface area (Å²) in [6.07, 6.45) is 10.00. The smallest absolute Gasteiger partial charge is 0.0785 e. The summed E-state index contributed by atoms with van der Waals surface area (Å²) in [4.78, 5) is 2.06. The molecule has 0 aliphatic heterocycles. The van der Waals surface area contributed by atoms with Crippen molar-refractivity contribution in [2.24, 2.45) is 0 Å². The summed E-state index contributed by atoms with van der Waals surface area (Å²) in [6, 6.07) is 39.2. The fourth-order valence-corrected chi connectivity index (χ4v) is 5.83. The van der Waals surface area contributed by atoms with Gasteiger partial charge in [-0.1, -0.05) is 136 Å². The Balaban J connectivity index is 1.16. The molecule has 0 N–H and O–H groups in total. The van der Waals surface area contributed by atoms with Gasteiger partial charge in [0.1, 0.15) is 0 Å². The average Bonchev–Trinajstić information content (AvgIpc) is 3.52. The molecular formula is C42H40S. The fraction of sp³-hybridized carbons (Fsp3) is 0.238. The van der Waals surface area contributed by atoms with Crippen LogP contribution in [0.25, 0.3) is 22.3 Å². The molecule has 0 saturated heterocycles. The Kier molecular flexibility index (Phi) is 11.1. The van der Waals surface area contributed by atoms with E-state index >= 15 is 0 Å². The van der Waals surface area contributed by atoms with Gasteiger partial charge in [-0.15, -0.1) is 11.3 Å². The number of thiophene rings is 1. The van der Waals surface area contributed by atoms with Crippen molar-refractivity contribution >= 4 is 11.3 Å². The molecule has 0 aliphatic carbocycles. The van der Waals surface area contributed by atoms with E-state index in [0.29, 0.717) is 0 Å². The minimum absolute atomic E-state index is 1.02. The Labute approximate surface area is 262 Å². The fourth-order valence-electron chi connectivity index (χ4n) is 5.12. The summed E-state index contributed by atoms with van der Waals surface area (Å²) in [5.41, 5.74) is 9.84. The predicted octanol–water partition coefficient (Wildman–Crippen LogP) is 11.3. The van der Waals surface area contributed by atoms with Gasteiger partial charge in [-0.3, -0.25) is 0 Å². The Hall–Kier alpha value is -4.30. The number of hydrogen-bond donors (Lipinski definition) is 0. The van der Waals surface area contributed by atoms with Crippen LogP contribution in [0.2, 0.25) is 0 Å². The topological polar surface area (TPSA) is 0 Å². The minimum Gasteiger partial charge on any atom is -0.118 e. The van der Waals surface area contributed by atoms with Crippen LogP contribution in [0.4, 0.5) is 0 Å². The van der Waals surface area contributed by atoms with Crippen molar-refractivity contribution in [1.82, 2.24) is 0 Å². The van der Waals surface area contributed by atoms with E-state index in [1.165, 1.54) is 84.7 Å². The molecule has 0 fully saturated rings. The number of unbranched alkanes of at least 4 members (excludes halogenated alkanes) is 4. The SMILES string of the molecule is CCCCCc1ccc(-c2ccc(C#Cc3ccc(C#Cc4ccc(-c5ccc(CCCCC)cc5)cc4)s3)cc2)cc1. The van der Waals surface area contributed by atoms with E-state index in [2.05, 4.69) is 147 Å². The highest BCUT2D eigenvalue weighted by Crippen LogP contribution is 2.23. The van der Waals surface area contributed by atoms with Crippen LogP contribution < -0.4 is 0 Å². The largest absolute Gasteiger partial charge is 0.118 e. The first-order valence-corrected chi connectivity index (χ1v) is 16.5. The van der Waals surface area contributed by atoms with E-state index in [0.717, 1.165) is 20.9 Å². The Morgan fingerprint density at radius 3 is 1.09 bits per heavy atom. The maximum atomic E-state index is 3.31. The molecule has 0 amide bonds. The number of rotatable bonds is 10. The summed E-state index contributed by atoms with van der Waals surface area (Å²) in [6.45, 7) is 4.50. The molecule has 0 aliphatic rings. The third-order valence-corrected chi connectivity index (χ3v) is 8.66. The van der Waals surface area contributed by atoms with Gasteiger partial charge in [0.2, 0.25) is 0 Å². The van der Waals surface area contributed by atoms with Crippen molar-refractivity contribution in [3.63, 3.8) is 0 Å². The number of aryl methyl sites for hydroxylation is 2. The second-order valence-electron chi connectivity index (χ2n) is 11.1. The first kappa shape index (κ1) is 30.2. The normalized spacial score (nSPS) is 10.5. The van der Waals surface area contributed by atoms with Gasteiger partial charge in [0.15, 0.2) is 0 Å². The second kappa shape index (κ2) is 15.8. The minimum atomic E-state index is 1.02. The molecule has 0 bridgehead atoms.